The number of hydrogen-bond acceptors (Lipinski definition) is 5. The zero-order valence-electron chi connectivity index (χ0n) is 11.7. The van der Waals surface area contributed by atoms with Crippen molar-refractivity contribution in [2.45, 2.75) is 0 Å². The lowest BCUT2D eigenvalue weighted by atomic mass is 10.1. The molecular formula is C16H12N2O4. The molecule has 3 aromatic rings. The lowest BCUT2D eigenvalue weighted by Gasteiger charge is -2.05. The van der Waals surface area contributed by atoms with Crippen molar-refractivity contribution in [3.05, 3.63) is 65.0 Å². The fourth-order valence-corrected chi connectivity index (χ4v) is 2.04. The fraction of sp³-hybridized carbons (Fsp3) is 0.0625. The third-order valence-electron chi connectivity index (χ3n) is 3.11. The highest BCUT2D eigenvalue weighted by Gasteiger charge is 2.13. The zero-order chi connectivity index (χ0) is 15.5. The number of fused-ring (bicyclic) bond motifs is 1. The topological polar surface area (TPSA) is 81.4 Å². The van der Waals surface area contributed by atoms with Crippen LogP contribution in [0, 0.1) is 0 Å². The molecule has 6 nitrogen and oxygen atoms in total. The number of amides is 1. The number of benzene rings is 1. The third kappa shape index (κ3) is 2.67. The zero-order valence-corrected chi connectivity index (χ0v) is 11.7. The first-order valence-corrected chi connectivity index (χ1v) is 6.50. The number of aromatic nitrogens is 1. The summed E-state index contributed by atoms with van der Waals surface area (Å²) in [6.07, 6.45) is 3.10. The summed E-state index contributed by atoms with van der Waals surface area (Å²) < 4.78 is 10.2. The van der Waals surface area contributed by atoms with E-state index in [1.807, 2.05) is 0 Å². The van der Waals surface area contributed by atoms with Crippen LogP contribution in [0.2, 0.25) is 0 Å². The van der Waals surface area contributed by atoms with E-state index in [0.717, 1.165) is 0 Å². The van der Waals surface area contributed by atoms with Crippen LogP contribution in [0.4, 0.5) is 5.69 Å². The van der Waals surface area contributed by atoms with Crippen molar-refractivity contribution >= 4 is 22.4 Å². The largest absolute Gasteiger partial charge is 0.497 e. The van der Waals surface area contributed by atoms with E-state index >= 15 is 0 Å². The molecule has 1 amide bonds. The summed E-state index contributed by atoms with van der Waals surface area (Å²) in [7, 11) is 1.53. The number of methoxy groups -OCH3 is 1. The molecule has 0 atom stereocenters. The molecule has 0 unspecified atom stereocenters. The highest BCUT2D eigenvalue weighted by Crippen LogP contribution is 2.19. The van der Waals surface area contributed by atoms with Gasteiger partial charge in [0.2, 0.25) is 0 Å². The van der Waals surface area contributed by atoms with Crippen molar-refractivity contribution < 1.29 is 13.9 Å². The molecule has 0 saturated carbocycles. The van der Waals surface area contributed by atoms with E-state index in [0.29, 0.717) is 22.2 Å². The first-order valence-electron chi connectivity index (χ1n) is 6.50. The minimum absolute atomic E-state index is 0.0744. The predicted molar refractivity (Wildman–Crippen MR) is 81.2 cm³/mol. The Morgan fingerprint density at radius 2 is 2.14 bits per heavy atom. The molecule has 0 saturated heterocycles. The Balaban J connectivity index is 2.00. The van der Waals surface area contributed by atoms with Gasteiger partial charge in [0.05, 0.1) is 24.4 Å². The van der Waals surface area contributed by atoms with E-state index in [4.69, 9.17) is 9.15 Å². The van der Waals surface area contributed by atoms with E-state index in [2.05, 4.69) is 10.3 Å². The number of anilines is 1. The standard InChI is InChI=1S/C16H12N2O4/c1-21-12-4-5-13-10(7-12)8-14(22-16(13)20)15(19)18-11-3-2-6-17-9-11/h2-9H,1H3,(H,18,19). The van der Waals surface area contributed by atoms with Gasteiger partial charge in [-0.15, -0.1) is 0 Å². The molecule has 0 spiro atoms. The summed E-state index contributed by atoms with van der Waals surface area (Å²) in [6.45, 7) is 0. The van der Waals surface area contributed by atoms with Gasteiger partial charge in [-0.25, -0.2) is 4.79 Å². The summed E-state index contributed by atoms with van der Waals surface area (Å²) in [4.78, 5) is 28.0. The summed E-state index contributed by atoms with van der Waals surface area (Å²) >= 11 is 0. The van der Waals surface area contributed by atoms with E-state index in [9.17, 15) is 9.59 Å². The maximum absolute atomic E-state index is 12.2. The van der Waals surface area contributed by atoms with Gasteiger partial charge < -0.3 is 14.5 Å². The fourth-order valence-electron chi connectivity index (χ4n) is 2.04. The van der Waals surface area contributed by atoms with Gasteiger partial charge in [0, 0.05) is 6.20 Å². The van der Waals surface area contributed by atoms with Gasteiger partial charge >= 0.3 is 5.63 Å². The average molecular weight is 296 g/mol. The van der Waals surface area contributed by atoms with Gasteiger partial charge in [-0.05, 0) is 41.8 Å². The number of nitrogens with zero attached hydrogens (tertiary/aromatic N) is 1. The van der Waals surface area contributed by atoms with Crippen LogP contribution in [0.1, 0.15) is 10.6 Å². The Kier molecular flexibility index (Phi) is 3.57. The molecule has 1 N–H and O–H groups in total. The minimum atomic E-state index is -0.573. The van der Waals surface area contributed by atoms with E-state index in [1.165, 1.54) is 19.4 Å². The number of carbonyl (C=O) groups is 1. The van der Waals surface area contributed by atoms with Crippen molar-refractivity contribution in [1.29, 1.82) is 0 Å². The normalized spacial score (nSPS) is 10.4. The molecule has 0 radical (unpaired) electrons. The number of hydrogen-bond donors (Lipinski definition) is 1. The second-order valence-corrected chi connectivity index (χ2v) is 4.55. The molecular weight excluding hydrogens is 284 g/mol. The van der Waals surface area contributed by atoms with Crippen LogP contribution in [0.3, 0.4) is 0 Å². The van der Waals surface area contributed by atoms with E-state index in [1.54, 1.807) is 36.5 Å². The van der Waals surface area contributed by atoms with Crippen molar-refractivity contribution in [3.8, 4) is 5.75 Å². The third-order valence-corrected chi connectivity index (χ3v) is 3.11. The highest BCUT2D eigenvalue weighted by atomic mass is 16.5. The van der Waals surface area contributed by atoms with Gasteiger partial charge in [-0.2, -0.15) is 0 Å². The predicted octanol–water partition coefficient (Wildman–Crippen LogP) is 2.45. The van der Waals surface area contributed by atoms with Gasteiger partial charge in [-0.1, -0.05) is 0 Å². The second-order valence-electron chi connectivity index (χ2n) is 4.55. The monoisotopic (exact) mass is 296 g/mol. The maximum atomic E-state index is 12.2. The average Bonchev–Trinajstić information content (AvgIpc) is 2.55. The summed E-state index contributed by atoms with van der Waals surface area (Å²) in [5.41, 5.74) is -0.0580. The van der Waals surface area contributed by atoms with Gasteiger partial charge in [0.25, 0.3) is 5.91 Å². The number of pyridine rings is 1. The Labute approximate surface area is 125 Å². The van der Waals surface area contributed by atoms with Crippen LogP contribution in [0.25, 0.3) is 10.8 Å². The molecule has 2 aromatic heterocycles. The van der Waals surface area contributed by atoms with Gasteiger partial charge in [-0.3, -0.25) is 9.78 Å². The maximum Gasteiger partial charge on any atom is 0.344 e. The quantitative estimate of drug-likeness (QED) is 0.803. The Morgan fingerprint density at radius 3 is 2.86 bits per heavy atom. The van der Waals surface area contributed by atoms with Crippen LogP contribution in [-0.4, -0.2) is 18.0 Å². The lowest BCUT2D eigenvalue weighted by molar-refractivity contribution is 0.0993. The highest BCUT2D eigenvalue weighted by molar-refractivity contribution is 6.03. The summed E-state index contributed by atoms with van der Waals surface area (Å²) in [5, 5.41) is 3.58. The van der Waals surface area contributed by atoms with Crippen molar-refractivity contribution in [2.24, 2.45) is 0 Å². The Bertz CT molecular complexity index is 888. The molecule has 3 rings (SSSR count). The van der Waals surface area contributed by atoms with Crippen LogP contribution in [0.15, 0.2) is 58.0 Å². The molecule has 2 heterocycles. The van der Waals surface area contributed by atoms with Crippen LogP contribution in [0.5, 0.6) is 5.75 Å². The first-order chi connectivity index (χ1) is 10.7. The van der Waals surface area contributed by atoms with Gasteiger partial charge in [0.1, 0.15) is 5.75 Å². The van der Waals surface area contributed by atoms with Crippen LogP contribution in [-0.2, 0) is 0 Å². The molecule has 0 bridgehead atoms. The number of carbonyl (C=O) groups excluding carboxylic acids is 1. The number of nitrogens with one attached hydrogen (secondary N) is 1. The molecule has 0 aliphatic rings. The Morgan fingerprint density at radius 1 is 1.27 bits per heavy atom. The van der Waals surface area contributed by atoms with Crippen molar-refractivity contribution in [1.82, 2.24) is 4.98 Å². The van der Waals surface area contributed by atoms with E-state index in [-0.39, 0.29) is 5.76 Å². The van der Waals surface area contributed by atoms with Crippen LogP contribution >= 0.6 is 0 Å². The molecule has 0 fully saturated rings. The number of ether oxygens (including phenoxy) is 1. The Hall–Kier alpha value is -3.15. The molecule has 1 aromatic carbocycles. The SMILES string of the molecule is COc1ccc2c(=O)oc(C(=O)Nc3cccnc3)cc2c1. The smallest absolute Gasteiger partial charge is 0.344 e. The molecule has 0 aliphatic carbocycles. The number of rotatable bonds is 3. The van der Waals surface area contributed by atoms with Crippen molar-refractivity contribution in [3.63, 3.8) is 0 Å². The summed E-state index contributed by atoms with van der Waals surface area (Å²) in [6, 6.07) is 9.82. The molecule has 22 heavy (non-hydrogen) atoms. The van der Waals surface area contributed by atoms with Crippen molar-refractivity contribution in [2.75, 3.05) is 12.4 Å². The minimum Gasteiger partial charge on any atom is -0.497 e. The second kappa shape index (κ2) is 5.69. The molecule has 6 heteroatoms. The summed E-state index contributed by atoms with van der Waals surface area (Å²) in [5.74, 6) is 0.00106. The van der Waals surface area contributed by atoms with E-state index < -0.39 is 11.5 Å². The molecule has 0 aliphatic heterocycles. The molecule has 110 valence electrons. The van der Waals surface area contributed by atoms with Gasteiger partial charge in [0.15, 0.2) is 5.76 Å². The van der Waals surface area contributed by atoms with Crippen LogP contribution < -0.4 is 15.7 Å². The first kappa shape index (κ1) is 13.8. The lowest BCUT2D eigenvalue weighted by Crippen LogP contribution is -2.15.